The molecule has 0 aliphatic heterocycles. The molecule has 0 radical (unpaired) electrons. The van der Waals surface area contributed by atoms with Gasteiger partial charge in [-0.1, -0.05) is 48.0 Å². The van der Waals surface area contributed by atoms with E-state index in [-0.39, 0.29) is 0 Å². The monoisotopic (exact) mass is 178 g/mol. The molecule has 0 N–H and O–H groups in total. The van der Waals surface area contributed by atoms with Crippen molar-refractivity contribution < 1.29 is 0 Å². The van der Waals surface area contributed by atoms with Crippen molar-refractivity contribution in [1.29, 1.82) is 0 Å². The first-order valence-corrected chi connectivity index (χ1v) is 4.27. The first-order valence-electron chi connectivity index (χ1n) is 3.84. The van der Waals surface area contributed by atoms with Crippen molar-refractivity contribution in [3.8, 4) is 0 Å². The van der Waals surface area contributed by atoms with Gasteiger partial charge in [-0.25, -0.2) is 0 Å². The van der Waals surface area contributed by atoms with E-state index < -0.39 is 0 Å². The summed E-state index contributed by atoms with van der Waals surface area (Å²) in [6.07, 6.45) is 2.66. The Morgan fingerprint density at radius 2 is 2.00 bits per heavy atom. The molecule has 1 rings (SSSR count). The molecular weight excluding hydrogens is 168 g/mol. The summed E-state index contributed by atoms with van der Waals surface area (Å²) in [7, 11) is 0. The number of allylic oxidation sites excluding steroid dienone is 2. The summed E-state index contributed by atoms with van der Waals surface area (Å²) in [5.41, 5.74) is 3.87. The van der Waals surface area contributed by atoms with E-state index in [1.54, 1.807) is 5.54 Å². The van der Waals surface area contributed by atoms with E-state index in [1.807, 2.05) is 36.4 Å². The topological polar surface area (TPSA) is 0 Å². The van der Waals surface area contributed by atoms with Gasteiger partial charge >= 0.3 is 0 Å². The SMILES string of the molecule is C=CCC(=CCl)c1ccccc1. The van der Waals surface area contributed by atoms with Crippen LogP contribution in [0, 0.1) is 0 Å². The molecule has 12 heavy (non-hydrogen) atoms. The van der Waals surface area contributed by atoms with Crippen molar-refractivity contribution in [2.75, 3.05) is 0 Å². The maximum Gasteiger partial charge on any atom is 0.00836 e. The molecule has 1 aromatic carbocycles. The predicted molar refractivity (Wildman–Crippen MR) is 55.1 cm³/mol. The van der Waals surface area contributed by atoms with Gasteiger partial charge in [0.2, 0.25) is 0 Å². The van der Waals surface area contributed by atoms with Crippen LogP contribution in [0.2, 0.25) is 0 Å². The van der Waals surface area contributed by atoms with Crippen LogP contribution in [0.4, 0.5) is 0 Å². The van der Waals surface area contributed by atoms with Crippen LogP contribution >= 0.6 is 11.6 Å². The van der Waals surface area contributed by atoms with Gasteiger partial charge in [-0.15, -0.1) is 6.58 Å². The highest BCUT2D eigenvalue weighted by molar-refractivity contribution is 6.28. The standard InChI is InChI=1S/C11H11Cl/c1-2-6-11(9-12)10-7-4-3-5-8-10/h2-5,7-9H,1,6H2. The Labute approximate surface area is 78.2 Å². The lowest BCUT2D eigenvalue weighted by molar-refractivity contribution is 1.41. The Morgan fingerprint density at radius 1 is 1.33 bits per heavy atom. The number of halogens is 1. The van der Waals surface area contributed by atoms with Crippen molar-refractivity contribution in [3.05, 3.63) is 54.1 Å². The van der Waals surface area contributed by atoms with Gasteiger partial charge in [-0.2, -0.15) is 0 Å². The summed E-state index contributed by atoms with van der Waals surface area (Å²) in [6, 6.07) is 10.1. The highest BCUT2D eigenvalue weighted by atomic mass is 35.5. The van der Waals surface area contributed by atoms with Crippen LogP contribution in [-0.4, -0.2) is 0 Å². The Kier molecular flexibility index (Phi) is 3.62. The van der Waals surface area contributed by atoms with Crippen molar-refractivity contribution >= 4 is 17.2 Å². The minimum atomic E-state index is 0.813. The molecule has 0 aliphatic rings. The zero-order valence-electron chi connectivity index (χ0n) is 6.83. The lowest BCUT2D eigenvalue weighted by Crippen LogP contribution is -1.80. The van der Waals surface area contributed by atoms with Gasteiger partial charge in [0.1, 0.15) is 0 Å². The molecule has 0 spiro atoms. The van der Waals surface area contributed by atoms with Crippen molar-refractivity contribution in [2.45, 2.75) is 6.42 Å². The molecule has 1 aromatic rings. The third-order valence-corrected chi connectivity index (χ3v) is 1.90. The Morgan fingerprint density at radius 3 is 2.50 bits per heavy atom. The van der Waals surface area contributed by atoms with Crippen LogP contribution < -0.4 is 0 Å². The summed E-state index contributed by atoms with van der Waals surface area (Å²) < 4.78 is 0. The van der Waals surface area contributed by atoms with Gasteiger partial charge in [0.05, 0.1) is 0 Å². The third kappa shape index (κ3) is 2.24. The molecule has 0 unspecified atom stereocenters. The van der Waals surface area contributed by atoms with Crippen molar-refractivity contribution in [1.82, 2.24) is 0 Å². The fraction of sp³-hybridized carbons (Fsp3) is 0.0909. The van der Waals surface area contributed by atoms with Gasteiger partial charge in [0.25, 0.3) is 0 Å². The van der Waals surface area contributed by atoms with Gasteiger partial charge in [0.15, 0.2) is 0 Å². The quantitative estimate of drug-likeness (QED) is 0.617. The minimum absolute atomic E-state index is 0.813. The summed E-state index contributed by atoms with van der Waals surface area (Å²) >= 11 is 5.67. The zero-order valence-corrected chi connectivity index (χ0v) is 7.59. The largest absolute Gasteiger partial charge is 0.103 e. The molecule has 62 valence electrons. The molecule has 0 amide bonds. The third-order valence-electron chi connectivity index (χ3n) is 1.64. The van der Waals surface area contributed by atoms with E-state index in [4.69, 9.17) is 11.6 Å². The fourth-order valence-corrected chi connectivity index (χ4v) is 1.25. The number of benzene rings is 1. The smallest absolute Gasteiger partial charge is 0.00836 e. The van der Waals surface area contributed by atoms with E-state index in [0.717, 1.165) is 17.6 Å². The Balaban J connectivity index is 2.88. The first-order chi connectivity index (χ1) is 5.88. The molecule has 0 saturated carbocycles. The highest BCUT2D eigenvalue weighted by Crippen LogP contribution is 2.18. The summed E-state index contributed by atoms with van der Waals surface area (Å²) in [4.78, 5) is 0. The second-order valence-corrected chi connectivity index (χ2v) is 2.71. The van der Waals surface area contributed by atoms with Crippen LogP contribution in [0.1, 0.15) is 12.0 Å². The van der Waals surface area contributed by atoms with E-state index in [1.165, 1.54) is 0 Å². The number of rotatable bonds is 3. The molecule has 0 saturated heterocycles. The molecule has 0 fully saturated rings. The van der Waals surface area contributed by atoms with E-state index in [9.17, 15) is 0 Å². The second-order valence-electron chi connectivity index (χ2n) is 2.49. The van der Waals surface area contributed by atoms with Gasteiger partial charge in [-0.05, 0) is 17.6 Å². The normalized spacial score (nSPS) is 11.2. The first kappa shape index (κ1) is 9.08. The molecule has 0 bridgehead atoms. The predicted octanol–water partition coefficient (Wildman–Crippen LogP) is 3.84. The molecule has 0 nitrogen and oxygen atoms in total. The maximum absolute atomic E-state index is 5.67. The minimum Gasteiger partial charge on any atom is -0.103 e. The molecule has 0 aliphatic carbocycles. The van der Waals surface area contributed by atoms with Crippen LogP contribution in [0.25, 0.3) is 5.57 Å². The van der Waals surface area contributed by atoms with E-state index >= 15 is 0 Å². The summed E-state index contributed by atoms with van der Waals surface area (Å²) in [5, 5.41) is 0. The van der Waals surface area contributed by atoms with Crippen LogP contribution in [0.15, 0.2) is 48.5 Å². The number of hydrogen-bond acceptors (Lipinski definition) is 0. The molecular formula is C11H11Cl. The average Bonchev–Trinajstić information content (AvgIpc) is 2.15. The lowest BCUT2D eigenvalue weighted by atomic mass is 10.1. The molecule has 0 aromatic heterocycles. The molecule has 1 heteroatoms. The molecule has 0 atom stereocenters. The second kappa shape index (κ2) is 4.78. The summed E-state index contributed by atoms with van der Waals surface area (Å²) in [5.74, 6) is 0. The van der Waals surface area contributed by atoms with Crippen LogP contribution in [0.5, 0.6) is 0 Å². The van der Waals surface area contributed by atoms with Crippen molar-refractivity contribution in [3.63, 3.8) is 0 Å². The van der Waals surface area contributed by atoms with E-state index in [2.05, 4.69) is 6.58 Å². The fourth-order valence-electron chi connectivity index (χ4n) is 1.03. The average molecular weight is 179 g/mol. The Hall–Kier alpha value is -1.01. The van der Waals surface area contributed by atoms with Crippen molar-refractivity contribution in [2.24, 2.45) is 0 Å². The lowest BCUT2D eigenvalue weighted by Gasteiger charge is -2.01. The highest BCUT2D eigenvalue weighted by Gasteiger charge is 1.96. The summed E-state index contributed by atoms with van der Waals surface area (Å²) in [6.45, 7) is 3.67. The van der Waals surface area contributed by atoms with Gasteiger partial charge in [-0.3, -0.25) is 0 Å². The van der Waals surface area contributed by atoms with Gasteiger partial charge < -0.3 is 0 Å². The van der Waals surface area contributed by atoms with E-state index in [0.29, 0.717) is 0 Å². The zero-order chi connectivity index (χ0) is 8.81. The van der Waals surface area contributed by atoms with Crippen LogP contribution in [-0.2, 0) is 0 Å². The number of hydrogen-bond donors (Lipinski definition) is 0. The molecule has 0 heterocycles. The Bertz CT molecular complexity index is 272. The van der Waals surface area contributed by atoms with Gasteiger partial charge in [0, 0.05) is 5.54 Å². The van der Waals surface area contributed by atoms with Crippen LogP contribution in [0.3, 0.4) is 0 Å². The maximum atomic E-state index is 5.67.